The molecule has 0 unspecified atom stereocenters. The molecule has 2 aliphatic rings. The Morgan fingerprint density at radius 3 is 2.38 bits per heavy atom. The fourth-order valence-corrected chi connectivity index (χ4v) is 5.89. The molecule has 9 nitrogen and oxygen atoms in total. The SMILES string of the molecule is CN(C)S(=O)(=O)c1ccc(C(O)=C2C(=O)C(=O)N(CCCN3CCOCC3)[C@@H]2c2cccc(Br)c2)cc1. The summed E-state index contributed by atoms with van der Waals surface area (Å²) in [7, 11) is -0.791. The Kier molecular flexibility index (Phi) is 8.49. The molecule has 11 heteroatoms. The second kappa shape index (κ2) is 11.4. The number of carbonyl (C=O) groups excluding carboxylic acids is 2. The van der Waals surface area contributed by atoms with E-state index in [0.29, 0.717) is 31.7 Å². The van der Waals surface area contributed by atoms with E-state index in [9.17, 15) is 23.1 Å². The number of hydrogen-bond donors (Lipinski definition) is 1. The molecule has 2 aromatic carbocycles. The number of benzene rings is 2. The zero-order chi connectivity index (χ0) is 26.7. The van der Waals surface area contributed by atoms with Crippen molar-refractivity contribution in [2.75, 3.05) is 53.5 Å². The quantitative estimate of drug-likeness (QED) is 0.286. The molecule has 4 rings (SSSR count). The van der Waals surface area contributed by atoms with Crippen LogP contribution in [0.4, 0.5) is 0 Å². The zero-order valence-electron chi connectivity index (χ0n) is 20.8. The van der Waals surface area contributed by atoms with Crippen LogP contribution in [0.5, 0.6) is 0 Å². The summed E-state index contributed by atoms with van der Waals surface area (Å²) in [6.07, 6.45) is 0.661. The number of hydrogen-bond acceptors (Lipinski definition) is 7. The minimum Gasteiger partial charge on any atom is -0.507 e. The van der Waals surface area contributed by atoms with E-state index in [1.165, 1.54) is 43.3 Å². The van der Waals surface area contributed by atoms with Crippen LogP contribution in [0.15, 0.2) is 63.5 Å². The van der Waals surface area contributed by atoms with Gasteiger partial charge in [-0.25, -0.2) is 12.7 Å². The molecule has 0 radical (unpaired) electrons. The molecular formula is C26H30BrN3O6S. The summed E-state index contributed by atoms with van der Waals surface area (Å²) in [5, 5.41) is 11.2. The van der Waals surface area contributed by atoms with Gasteiger partial charge in [-0.15, -0.1) is 0 Å². The Labute approximate surface area is 225 Å². The van der Waals surface area contributed by atoms with E-state index in [1.807, 2.05) is 24.3 Å². The highest BCUT2D eigenvalue weighted by Crippen LogP contribution is 2.40. The first-order valence-corrected chi connectivity index (χ1v) is 14.2. The molecule has 0 aliphatic carbocycles. The van der Waals surface area contributed by atoms with Gasteiger partial charge >= 0.3 is 0 Å². The molecule has 37 heavy (non-hydrogen) atoms. The van der Waals surface area contributed by atoms with E-state index < -0.39 is 27.8 Å². The molecule has 198 valence electrons. The maximum absolute atomic E-state index is 13.2. The number of ether oxygens (including phenoxy) is 1. The van der Waals surface area contributed by atoms with E-state index in [-0.39, 0.29) is 21.8 Å². The predicted molar refractivity (Wildman–Crippen MR) is 142 cm³/mol. The number of ketones is 1. The van der Waals surface area contributed by atoms with Gasteiger partial charge in [-0.1, -0.05) is 28.1 Å². The van der Waals surface area contributed by atoms with Crippen LogP contribution in [0.2, 0.25) is 0 Å². The molecule has 0 aromatic heterocycles. The third-order valence-corrected chi connectivity index (χ3v) is 8.91. The number of amides is 1. The summed E-state index contributed by atoms with van der Waals surface area (Å²) in [6, 6.07) is 12.2. The second-order valence-electron chi connectivity index (χ2n) is 9.17. The number of halogens is 1. The molecule has 2 aliphatic heterocycles. The summed E-state index contributed by atoms with van der Waals surface area (Å²) in [4.78, 5) is 30.2. The largest absolute Gasteiger partial charge is 0.507 e. The molecule has 1 N–H and O–H groups in total. The van der Waals surface area contributed by atoms with Crippen molar-refractivity contribution in [1.82, 2.24) is 14.1 Å². The van der Waals surface area contributed by atoms with E-state index in [4.69, 9.17) is 4.74 Å². The standard InChI is InChI=1S/C26H30BrN3O6S/c1-28(2)37(34,35)21-9-7-18(8-10-21)24(31)22-23(19-5-3-6-20(27)17-19)30(26(33)25(22)32)12-4-11-29-13-15-36-16-14-29/h3,5-10,17,23,31H,4,11-16H2,1-2H3/t23-/m1/s1. The molecule has 0 spiro atoms. The van der Waals surface area contributed by atoms with Gasteiger partial charge in [0.25, 0.3) is 11.7 Å². The van der Waals surface area contributed by atoms with Gasteiger partial charge in [0.2, 0.25) is 10.0 Å². The lowest BCUT2D eigenvalue weighted by Gasteiger charge is -2.29. The van der Waals surface area contributed by atoms with E-state index in [1.54, 1.807) is 0 Å². The number of nitrogens with zero attached hydrogens (tertiary/aromatic N) is 3. The molecule has 2 saturated heterocycles. The summed E-state index contributed by atoms with van der Waals surface area (Å²) in [6.45, 7) is 4.12. The first-order chi connectivity index (χ1) is 17.6. The van der Waals surface area contributed by atoms with Crippen molar-refractivity contribution >= 4 is 43.4 Å². The van der Waals surface area contributed by atoms with Crippen molar-refractivity contribution in [3.8, 4) is 0 Å². The Bertz CT molecular complexity index is 1300. The van der Waals surface area contributed by atoms with Crippen LogP contribution in [-0.4, -0.2) is 92.8 Å². The van der Waals surface area contributed by atoms with Crippen molar-refractivity contribution < 1.29 is 27.9 Å². The highest BCUT2D eigenvalue weighted by Gasteiger charge is 2.45. The molecule has 1 atom stereocenters. The third kappa shape index (κ3) is 5.80. The van der Waals surface area contributed by atoms with Gasteiger partial charge in [-0.3, -0.25) is 14.5 Å². The summed E-state index contributed by atoms with van der Waals surface area (Å²) in [5.41, 5.74) is 0.926. The molecule has 0 bridgehead atoms. The van der Waals surface area contributed by atoms with Crippen LogP contribution >= 0.6 is 15.9 Å². The number of sulfonamides is 1. The Hall–Kier alpha value is -2.57. The van der Waals surface area contributed by atoms with Crippen molar-refractivity contribution in [1.29, 1.82) is 0 Å². The number of carbonyl (C=O) groups is 2. The van der Waals surface area contributed by atoms with Gasteiger partial charge in [0.1, 0.15) is 5.76 Å². The fourth-order valence-electron chi connectivity index (χ4n) is 4.57. The van der Waals surface area contributed by atoms with E-state index >= 15 is 0 Å². The van der Waals surface area contributed by atoms with Crippen LogP contribution in [0, 0.1) is 0 Å². The predicted octanol–water partition coefficient (Wildman–Crippen LogP) is 2.84. The lowest BCUT2D eigenvalue weighted by Crippen LogP contribution is -2.38. The Morgan fingerprint density at radius 2 is 1.76 bits per heavy atom. The van der Waals surface area contributed by atoms with Crippen molar-refractivity contribution in [2.24, 2.45) is 0 Å². The van der Waals surface area contributed by atoms with Gasteiger partial charge in [0.15, 0.2) is 0 Å². The van der Waals surface area contributed by atoms with E-state index in [2.05, 4.69) is 20.8 Å². The first kappa shape index (κ1) is 27.5. The number of morpholine rings is 1. The third-order valence-electron chi connectivity index (χ3n) is 6.59. The molecule has 0 saturated carbocycles. The minimum absolute atomic E-state index is 0.0160. The van der Waals surface area contributed by atoms with Gasteiger partial charge in [0, 0.05) is 50.3 Å². The number of rotatable bonds is 8. The topological polar surface area (TPSA) is 107 Å². The monoisotopic (exact) mass is 591 g/mol. The summed E-state index contributed by atoms with van der Waals surface area (Å²) in [5.74, 6) is -1.77. The van der Waals surface area contributed by atoms with Gasteiger partial charge < -0.3 is 14.7 Å². The van der Waals surface area contributed by atoms with E-state index in [0.717, 1.165) is 28.4 Å². The first-order valence-electron chi connectivity index (χ1n) is 12.0. The Balaban J connectivity index is 1.68. The van der Waals surface area contributed by atoms with Crippen LogP contribution in [0.3, 0.4) is 0 Å². The lowest BCUT2D eigenvalue weighted by atomic mass is 9.95. The lowest BCUT2D eigenvalue weighted by molar-refractivity contribution is -0.140. The fraction of sp³-hybridized carbons (Fsp3) is 0.385. The molecule has 2 fully saturated rings. The van der Waals surface area contributed by atoms with Crippen molar-refractivity contribution in [3.63, 3.8) is 0 Å². The summed E-state index contributed by atoms with van der Waals surface area (Å²) >= 11 is 3.46. The zero-order valence-corrected chi connectivity index (χ0v) is 23.2. The van der Waals surface area contributed by atoms with Crippen LogP contribution in [-0.2, 0) is 24.3 Å². The normalized spacial score (nSPS) is 20.6. The van der Waals surface area contributed by atoms with Crippen LogP contribution in [0.1, 0.15) is 23.6 Å². The minimum atomic E-state index is -3.66. The smallest absolute Gasteiger partial charge is 0.295 e. The number of likely N-dealkylation sites (tertiary alicyclic amines) is 1. The van der Waals surface area contributed by atoms with Crippen molar-refractivity contribution in [2.45, 2.75) is 17.4 Å². The molecule has 2 aromatic rings. The number of Topliss-reactive ketones (excluding diaryl/α,β-unsaturated/α-hetero) is 1. The Morgan fingerprint density at radius 1 is 1.08 bits per heavy atom. The van der Waals surface area contributed by atoms with Crippen LogP contribution < -0.4 is 0 Å². The number of aliphatic hydroxyl groups is 1. The number of aliphatic hydroxyl groups excluding tert-OH is 1. The average molecular weight is 593 g/mol. The second-order valence-corrected chi connectivity index (χ2v) is 12.2. The summed E-state index contributed by atoms with van der Waals surface area (Å²) < 4.78 is 32.1. The van der Waals surface area contributed by atoms with Gasteiger partial charge in [-0.05, 0) is 48.4 Å². The van der Waals surface area contributed by atoms with Gasteiger partial charge in [0.05, 0.1) is 29.7 Å². The highest BCUT2D eigenvalue weighted by atomic mass is 79.9. The average Bonchev–Trinajstić information content (AvgIpc) is 3.14. The highest BCUT2D eigenvalue weighted by molar-refractivity contribution is 9.10. The maximum atomic E-state index is 13.2. The van der Waals surface area contributed by atoms with Crippen molar-refractivity contribution in [3.05, 3.63) is 69.7 Å². The molecule has 1 amide bonds. The van der Waals surface area contributed by atoms with Gasteiger partial charge in [-0.2, -0.15) is 0 Å². The maximum Gasteiger partial charge on any atom is 0.295 e. The molecule has 2 heterocycles. The molecular weight excluding hydrogens is 562 g/mol. The van der Waals surface area contributed by atoms with Crippen LogP contribution in [0.25, 0.3) is 5.76 Å².